The van der Waals surface area contributed by atoms with Gasteiger partial charge in [0.15, 0.2) is 0 Å². The van der Waals surface area contributed by atoms with Gasteiger partial charge in [-0.1, -0.05) is 12.5 Å². The highest BCUT2D eigenvalue weighted by Crippen LogP contribution is 2.48. The Bertz CT molecular complexity index is 1510. The molecule has 8 nitrogen and oxygen atoms in total. The number of allylic oxidation sites excluding steroid dienone is 3. The number of hydrazine groups is 1. The molecule has 3 N–H and O–H groups in total. The minimum Gasteiger partial charge on any atom is -0.377 e. The molecule has 2 heterocycles. The number of carbonyl (C=O) groups excluding carboxylic acids is 1. The molecule has 2 aromatic rings. The van der Waals surface area contributed by atoms with Gasteiger partial charge in [0.05, 0.1) is 22.4 Å². The Kier molecular flexibility index (Phi) is 7.02. The smallest absolute Gasteiger partial charge is 0.248 e. The number of amides is 1. The molecule has 210 valence electrons. The molecule has 2 aliphatic carbocycles. The maximum atomic E-state index is 13.9. The van der Waals surface area contributed by atoms with Gasteiger partial charge in [-0.25, -0.2) is 12.8 Å². The van der Waals surface area contributed by atoms with Crippen molar-refractivity contribution in [3.63, 3.8) is 0 Å². The number of hydrogen-bond donors (Lipinski definition) is 2. The molecule has 0 bridgehead atoms. The Morgan fingerprint density at radius 3 is 2.55 bits per heavy atom. The molecule has 2 aliphatic heterocycles. The van der Waals surface area contributed by atoms with Gasteiger partial charge in [-0.05, 0) is 91.8 Å². The van der Waals surface area contributed by atoms with Crippen LogP contribution >= 0.6 is 0 Å². The maximum absolute atomic E-state index is 13.9. The minimum atomic E-state index is -3.84. The van der Waals surface area contributed by atoms with Crippen molar-refractivity contribution < 1.29 is 22.3 Å². The zero-order chi connectivity index (χ0) is 28.0. The molecular weight excluding hydrogens is 531 g/mol. The van der Waals surface area contributed by atoms with E-state index in [1.54, 1.807) is 16.4 Å². The number of ether oxygens (including phenoxy) is 1. The first-order valence-corrected chi connectivity index (χ1v) is 15.1. The quantitative estimate of drug-likeness (QED) is 0.497. The third kappa shape index (κ3) is 4.84. The summed E-state index contributed by atoms with van der Waals surface area (Å²) in [6.07, 6.45) is 7.49. The number of nitrogens with one attached hydrogen (secondary N) is 1. The molecule has 0 spiro atoms. The summed E-state index contributed by atoms with van der Waals surface area (Å²) in [7, 11) is -3.84. The third-order valence-electron chi connectivity index (χ3n) is 8.42. The van der Waals surface area contributed by atoms with Crippen molar-refractivity contribution in [1.29, 1.82) is 0 Å². The summed E-state index contributed by atoms with van der Waals surface area (Å²) in [4.78, 5) is 11.7. The largest absolute Gasteiger partial charge is 0.377 e. The predicted octanol–water partition coefficient (Wildman–Crippen LogP) is 4.24. The molecule has 10 heteroatoms. The summed E-state index contributed by atoms with van der Waals surface area (Å²) in [6.45, 7) is 3.45. The van der Waals surface area contributed by atoms with Gasteiger partial charge in [0.1, 0.15) is 5.82 Å². The van der Waals surface area contributed by atoms with Gasteiger partial charge in [-0.15, -0.1) is 0 Å². The van der Waals surface area contributed by atoms with Gasteiger partial charge >= 0.3 is 0 Å². The lowest BCUT2D eigenvalue weighted by Gasteiger charge is -2.32. The van der Waals surface area contributed by atoms with Crippen LogP contribution in [0.4, 0.5) is 10.1 Å². The van der Waals surface area contributed by atoms with E-state index in [-0.39, 0.29) is 40.8 Å². The number of hydrogen-bond acceptors (Lipinski definition) is 6. The minimum absolute atomic E-state index is 0.0599. The fourth-order valence-electron chi connectivity index (χ4n) is 6.38. The van der Waals surface area contributed by atoms with Crippen LogP contribution < -0.4 is 16.2 Å². The van der Waals surface area contributed by atoms with Crippen LogP contribution in [0, 0.1) is 17.7 Å². The number of sulfonamides is 1. The lowest BCUT2D eigenvalue weighted by molar-refractivity contribution is 0.0916. The summed E-state index contributed by atoms with van der Waals surface area (Å²) in [6, 6.07) is 12.2. The van der Waals surface area contributed by atoms with E-state index < -0.39 is 15.9 Å². The summed E-state index contributed by atoms with van der Waals surface area (Å²) < 4.78 is 48.7. The Morgan fingerprint density at radius 1 is 1.12 bits per heavy atom. The number of nitrogens with two attached hydrogens (primary N) is 1. The van der Waals surface area contributed by atoms with E-state index in [0.29, 0.717) is 13.2 Å². The van der Waals surface area contributed by atoms with Crippen LogP contribution in [0.25, 0.3) is 0 Å². The van der Waals surface area contributed by atoms with E-state index in [1.807, 2.05) is 11.2 Å². The second-order valence-electron chi connectivity index (χ2n) is 10.9. The molecule has 1 unspecified atom stereocenters. The lowest BCUT2D eigenvalue weighted by atomic mass is 9.80. The average Bonchev–Trinajstić information content (AvgIpc) is 3.70. The molecule has 0 saturated carbocycles. The van der Waals surface area contributed by atoms with Crippen LogP contribution in [0.15, 0.2) is 88.1 Å². The first-order valence-electron chi connectivity index (χ1n) is 13.7. The molecule has 2 aromatic carbocycles. The molecule has 1 amide bonds. The van der Waals surface area contributed by atoms with E-state index in [0.717, 1.165) is 42.6 Å². The van der Waals surface area contributed by atoms with E-state index in [2.05, 4.69) is 18.4 Å². The summed E-state index contributed by atoms with van der Waals surface area (Å²) in [5, 5.41) is 1.96. The van der Waals surface area contributed by atoms with Gasteiger partial charge in [-0.2, -0.15) is 4.31 Å². The summed E-state index contributed by atoms with van der Waals surface area (Å²) in [5.74, 6) is -0.720. The lowest BCUT2D eigenvalue weighted by Crippen LogP contribution is -2.41. The van der Waals surface area contributed by atoms with Gasteiger partial charge in [0.25, 0.3) is 0 Å². The van der Waals surface area contributed by atoms with Gasteiger partial charge in [-0.3, -0.25) is 9.80 Å². The highest BCUT2D eigenvalue weighted by atomic mass is 32.2. The van der Waals surface area contributed by atoms with Crippen molar-refractivity contribution in [2.45, 2.75) is 43.6 Å². The summed E-state index contributed by atoms with van der Waals surface area (Å²) in [5.41, 5.74) is 14.5. The second-order valence-corrected chi connectivity index (χ2v) is 12.8. The zero-order valence-corrected chi connectivity index (χ0v) is 23.2. The molecule has 0 radical (unpaired) electrons. The second kappa shape index (κ2) is 10.5. The first kappa shape index (κ1) is 26.7. The van der Waals surface area contributed by atoms with Gasteiger partial charge < -0.3 is 15.9 Å². The van der Waals surface area contributed by atoms with Gasteiger partial charge in [0.2, 0.25) is 15.9 Å². The maximum Gasteiger partial charge on any atom is 0.248 e. The molecule has 4 aliphatic rings. The molecular formula is C30H33FN4O4S. The van der Waals surface area contributed by atoms with Crippen LogP contribution in [0.2, 0.25) is 0 Å². The van der Waals surface area contributed by atoms with Crippen LogP contribution in [0.3, 0.4) is 0 Å². The highest BCUT2D eigenvalue weighted by molar-refractivity contribution is 7.89. The van der Waals surface area contributed by atoms with Crippen LogP contribution in [-0.2, 0) is 14.8 Å². The van der Waals surface area contributed by atoms with Crippen LogP contribution in [0.1, 0.15) is 43.0 Å². The van der Waals surface area contributed by atoms with Crippen molar-refractivity contribution in [3.05, 3.63) is 94.6 Å². The van der Waals surface area contributed by atoms with Crippen molar-refractivity contribution in [1.82, 2.24) is 9.73 Å². The fraction of sp³-hybridized carbons (Fsp3) is 0.367. The molecule has 40 heavy (non-hydrogen) atoms. The number of anilines is 1. The van der Waals surface area contributed by atoms with E-state index >= 15 is 0 Å². The van der Waals surface area contributed by atoms with Crippen molar-refractivity contribution in [2.75, 3.05) is 24.7 Å². The van der Waals surface area contributed by atoms with E-state index in [4.69, 9.17) is 10.5 Å². The van der Waals surface area contributed by atoms with Crippen molar-refractivity contribution in [3.8, 4) is 0 Å². The van der Waals surface area contributed by atoms with E-state index in [1.165, 1.54) is 47.5 Å². The summed E-state index contributed by atoms with van der Waals surface area (Å²) >= 11 is 0. The average molecular weight is 565 g/mol. The molecule has 1 saturated heterocycles. The normalized spacial score (nSPS) is 24.1. The number of carbonyl (C=O) groups is 1. The molecule has 3 atom stereocenters. The first-order chi connectivity index (χ1) is 19.2. The molecule has 6 rings (SSSR count). The van der Waals surface area contributed by atoms with Crippen LogP contribution in [-0.4, -0.2) is 44.4 Å². The standard InChI is InChI=1S/C30H33FN4O4S/c1-19-27-16-33-35(24-10-8-23(31)9-11-24)28(27)15-21-4-5-22(29(19)21)17-34(18-25-3-2-14-39-25)40(37,38)26-12-6-20(7-13-26)30(32)36/h6-13,15-16,19,22,25,33H,2-5,14,17-18H2,1H3,(H2,32,36)/t19-,22+,25?/m0/s1. The fourth-order valence-corrected chi connectivity index (χ4v) is 7.90. The van der Waals surface area contributed by atoms with E-state index in [9.17, 15) is 17.6 Å². The van der Waals surface area contributed by atoms with Crippen LogP contribution in [0.5, 0.6) is 0 Å². The number of halogens is 1. The number of benzene rings is 2. The van der Waals surface area contributed by atoms with Crippen molar-refractivity contribution >= 4 is 21.6 Å². The third-order valence-corrected chi connectivity index (χ3v) is 10.3. The van der Waals surface area contributed by atoms with Gasteiger partial charge in [0, 0.05) is 43.0 Å². The Morgan fingerprint density at radius 2 is 1.88 bits per heavy atom. The number of nitrogens with zero attached hydrogens (tertiary/aromatic N) is 2. The Labute approximate surface area is 234 Å². The Hall–Kier alpha value is -3.47. The number of rotatable bonds is 8. The number of primary amides is 1. The molecule has 0 aromatic heterocycles. The monoisotopic (exact) mass is 564 g/mol. The highest BCUT2D eigenvalue weighted by Gasteiger charge is 2.40. The molecule has 1 fully saturated rings. The Balaban J connectivity index is 1.29. The topological polar surface area (TPSA) is 105 Å². The number of fused-ring (bicyclic) bond motifs is 1. The predicted molar refractivity (Wildman–Crippen MR) is 150 cm³/mol. The SMILES string of the molecule is C[C@H]1C2=CNN(c3ccc(F)cc3)C2=CC2=C1[C@@H](CN(CC1CCCO1)S(=O)(=O)c1ccc(C(N)=O)cc1)CC2. The zero-order valence-electron chi connectivity index (χ0n) is 22.3. The van der Waals surface area contributed by atoms with Crippen molar-refractivity contribution in [2.24, 2.45) is 17.6 Å².